The van der Waals surface area contributed by atoms with Crippen LogP contribution in [0.2, 0.25) is 0 Å². The van der Waals surface area contributed by atoms with E-state index < -0.39 is 12.0 Å². The van der Waals surface area contributed by atoms with Gasteiger partial charge in [-0.25, -0.2) is 4.79 Å². The number of hydrogen-bond acceptors (Lipinski definition) is 2. The van der Waals surface area contributed by atoms with Crippen molar-refractivity contribution in [3.05, 3.63) is 48.0 Å². The summed E-state index contributed by atoms with van der Waals surface area (Å²) in [5.41, 5.74) is 1.61. The summed E-state index contributed by atoms with van der Waals surface area (Å²) in [6.45, 7) is 9.84. The summed E-state index contributed by atoms with van der Waals surface area (Å²) in [5.74, 6) is -1.40. The van der Waals surface area contributed by atoms with Gasteiger partial charge < -0.3 is 10.4 Å². The minimum Gasteiger partial charge on any atom is -0.480 e. The molecule has 0 radical (unpaired) electrons. The molecule has 0 spiro atoms. The van der Waals surface area contributed by atoms with Crippen molar-refractivity contribution < 1.29 is 14.7 Å². The monoisotopic (exact) mass is 289 g/mol. The third-order valence-corrected chi connectivity index (χ3v) is 3.28. The maximum absolute atomic E-state index is 12.1. The van der Waals surface area contributed by atoms with Crippen LogP contribution in [0.3, 0.4) is 0 Å². The van der Waals surface area contributed by atoms with Crippen molar-refractivity contribution in [3.63, 3.8) is 0 Å². The highest BCUT2D eigenvalue weighted by molar-refractivity contribution is 5.96. The van der Waals surface area contributed by atoms with E-state index in [1.165, 1.54) is 0 Å². The molecule has 0 aliphatic heterocycles. The molecule has 1 rings (SSSR count). The van der Waals surface area contributed by atoms with Crippen molar-refractivity contribution in [2.45, 2.75) is 45.1 Å². The van der Waals surface area contributed by atoms with Crippen molar-refractivity contribution in [3.8, 4) is 0 Å². The van der Waals surface area contributed by atoms with E-state index in [1.54, 1.807) is 18.2 Å². The summed E-state index contributed by atoms with van der Waals surface area (Å²) < 4.78 is 0. The molecule has 114 valence electrons. The Balaban J connectivity index is 2.78. The van der Waals surface area contributed by atoms with Gasteiger partial charge in [-0.3, -0.25) is 4.79 Å². The van der Waals surface area contributed by atoms with Gasteiger partial charge in [0.25, 0.3) is 5.91 Å². The van der Waals surface area contributed by atoms with Gasteiger partial charge in [0.05, 0.1) is 0 Å². The molecule has 0 fully saturated rings. The Morgan fingerprint density at radius 3 is 2.29 bits per heavy atom. The SMILES string of the molecule is C=CCC[C@@H](NC(=O)c1ccc(C(C)(C)C)cc1)C(=O)O. The van der Waals surface area contributed by atoms with Gasteiger partial charge in [0, 0.05) is 5.56 Å². The molecule has 2 N–H and O–H groups in total. The van der Waals surface area contributed by atoms with Crippen LogP contribution in [0.5, 0.6) is 0 Å². The van der Waals surface area contributed by atoms with E-state index in [0.717, 1.165) is 5.56 Å². The van der Waals surface area contributed by atoms with Crippen LogP contribution in [0, 0.1) is 0 Å². The highest BCUT2D eigenvalue weighted by atomic mass is 16.4. The fourth-order valence-electron chi connectivity index (χ4n) is 1.91. The second kappa shape index (κ2) is 7.07. The van der Waals surface area contributed by atoms with Crippen molar-refractivity contribution in [1.29, 1.82) is 0 Å². The number of amides is 1. The molecule has 0 bridgehead atoms. The molecule has 0 saturated heterocycles. The number of benzene rings is 1. The fourth-order valence-corrected chi connectivity index (χ4v) is 1.91. The van der Waals surface area contributed by atoms with Gasteiger partial charge in [-0.05, 0) is 36.0 Å². The van der Waals surface area contributed by atoms with E-state index in [4.69, 9.17) is 5.11 Å². The highest BCUT2D eigenvalue weighted by Crippen LogP contribution is 2.22. The van der Waals surface area contributed by atoms with Gasteiger partial charge in [-0.2, -0.15) is 0 Å². The lowest BCUT2D eigenvalue weighted by atomic mass is 9.86. The fraction of sp³-hybridized carbons (Fsp3) is 0.412. The zero-order chi connectivity index (χ0) is 16.0. The highest BCUT2D eigenvalue weighted by Gasteiger charge is 2.20. The largest absolute Gasteiger partial charge is 0.480 e. The zero-order valence-corrected chi connectivity index (χ0v) is 12.8. The minimum absolute atomic E-state index is 0.0164. The van der Waals surface area contributed by atoms with Crippen molar-refractivity contribution in [1.82, 2.24) is 5.32 Å². The predicted octanol–water partition coefficient (Wildman–Crippen LogP) is 3.13. The van der Waals surface area contributed by atoms with Gasteiger partial charge >= 0.3 is 5.97 Å². The standard InChI is InChI=1S/C17H23NO3/c1-5-6-7-14(16(20)21)18-15(19)12-8-10-13(11-9-12)17(2,3)4/h5,8-11,14H,1,6-7H2,2-4H3,(H,18,19)(H,20,21)/t14-/m1/s1. The molecular formula is C17H23NO3. The summed E-state index contributed by atoms with van der Waals surface area (Å²) in [7, 11) is 0. The van der Waals surface area contributed by atoms with Crippen LogP contribution in [-0.2, 0) is 10.2 Å². The molecule has 1 amide bonds. The quantitative estimate of drug-likeness (QED) is 0.791. The Morgan fingerprint density at radius 1 is 1.29 bits per heavy atom. The number of rotatable bonds is 6. The first kappa shape index (κ1) is 17.0. The minimum atomic E-state index is -1.03. The van der Waals surface area contributed by atoms with Gasteiger partial charge in [0.15, 0.2) is 0 Å². The van der Waals surface area contributed by atoms with E-state index in [9.17, 15) is 9.59 Å². The molecule has 0 heterocycles. The first-order valence-electron chi connectivity index (χ1n) is 7.01. The first-order chi connectivity index (χ1) is 9.75. The van der Waals surface area contributed by atoms with Crippen LogP contribution in [-0.4, -0.2) is 23.0 Å². The molecule has 0 aromatic heterocycles. The Labute approximate surface area is 125 Å². The van der Waals surface area contributed by atoms with E-state index in [2.05, 4.69) is 32.7 Å². The number of nitrogens with one attached hydrogen (secondary N) is 1. The number of carbonyl (C=O) groups excluding carboxylic acids is 1. The van der Waals surface area contributed by atoms with E-state index >= 15 is 0 Å². The lowest BCUT2D eigenvalue weighted by molar-refractivity contribution is -0.139. The van der Waals surface area contributed by atoms with Crippen LogP contribution >= 0.6 is 0 Å². The molecule has 0 unspecified atom stereocenters. The average molecular weight is 289 g/mol. The summed E-state index contributed by atoms with van der Waals surface area (Å²) in [6, 6.07) is 6.35. The summed E-state index contributed by atoms with van der Waals surface area (Å²) in [4.78, 5) is 23.2. The summed E-state index contributed by atoms with van der Waals surface area (Å²) >= 11 is 0. The second-order valence-electron chi connectivity index (χ2n) is 6.06. The van der Waals surface area contributed by atoms with Gasteiger partial charge in [0.1, 0.15) is 6.04 Å². The second-order valence-corrected chi connectivity index (χ2v) is 6.06. The Morgan fingerprint density at radius 2 is 1.86 bits per heavy atom. The Hall–Kier alpha value is -2.10. The molecule has 0 aliphatic rings. The van der Waals surface area contributed by atoms with Crippen molar-refractivity contribution >= 4 is 11.9 Å². The number of allylic oxidation sites excluding steroid dienone is 1. The molecule has 1 atom stereocenters. The molecule has 0 aliphatic carbocycles. The summed E-state index contributed by atoms with van der Waals surface area (Å²) in [6.07, 6.45) is 2.52. The van der Waals surface area contributed by atoms with E-state index in [0.29, 0.717) is 18.4 Å². The number of carbonyl (C=O) groups is 2. The Kier molecular flexibility index (Phi) is 5.70. The first-order valence-corrected chi connectivity index (χ1v) is 7.01. The maximum atomic E-state index is 12.1. The molecular weight excluding hydrogens is 266 g/mol. The van der Waals surface area contributed by atoms with E-state index in [1.807, 2.05) is 12.1 Å². The topological polar surface area (TPSA) is 66.4 Å². The number of carboxylic acids is 1. The van der Waals surface area contributed by atoms with Crippen molar-refractivity contribution in [2.24, 2.45) is 0 Å². The smallest absolute Gasteiger partial charge is 0.326 e. The van der Waals surface area contributed by atoms with Gasteiger partial charge in [0.2, 0.25) is 0 Å². The molecule has 4 nitrogen and oxygen atoms in total. The number of aliphatic carboxylic acids is 1. The van der Waals surface area contributed by atoms with Gasteiger partial charge in [-0.15, -0.1) is 6.58 Å². The van der Waals surface area contributed by atoms with Crippen LogP contribution in [0.1, 0.15) is 49.5 Å². The third kappa shape index (κ3) is 5.06. The molecule has 1 aromatic carbocycles. The van der Waals surface area contributed by atoms with E-state index in [-0.39, 0.29) is 11.3 Å². The van der Waals surface area contributed by atoms with Crippen LogP contribution < -0.4 is 5.32 Å². The molecule has 4 heteroatoms. The normalized spacial score (nSPS) is 12.5. The van der Waals surface area contributed by atoms with Crippen LogP contribution in [0.25, 0.3) is 0 Å². The zero-order valence-electron chi connectivity index (χ0n) is 12.8. The molecule has 21 heavy (non-hydrogen) atoms. The van der Waals surface area contributed by atoms with Gasteiger partial charge in [-0.1, -0.05) is 39.0 Å². The summed E-state index contributed by atoms with van der Waals surface area (Å²) in [5, 5.41) is 11.6. The lowest BCUT2D eigenvalue weighted by Crippen LogP contribution is -2.40. The van der Waals surface area contributed by atoms with Crippen LogP contribution in [0.4, 0.5) is 0 Å². The maximum Gasteiger partial charge on any atom is 0.326 e. The third-order valence-electron chi connectivity index (χ3n) is 3.28. The average Bonchev–Trinajstić information content (AvgIpc) is 2.42. The van der Waals surface area contributed by atoms with Crippen molar-refractivity contribution in [2.75, 3.05) is 0 Å². The number of carboxylic acid groups (broad SMARTS) is 1. The molecule has 0 saturated carbocycles. The number of hydrogen-bond donors (Lipinski definition) is 2. The predicted molar refractivity (Wildman–Crippen MR) is 83.5 cm³/mol. The lowest BCUT2D eigenvalue weighted by Gasteiger charge is -2.19. The Bertz CT molecular complexity index is 512. The molecule has 1 aromatic rings. The van der Waals surface area contributed by atoms with Crippen LogP contribution in [0.15, 0.2) is 36.9 Å².